The Hall–Kier alpha value is -1.13. The Kier molecular flexibility index (Phi) is 4.90. The molecule has 0 radical (unpaired) electrons. The first-order valence-electron chi connectivity index (χ1n) is 5.47. The number of carbonyl (C=O) groups excluding carboxylic acids is 1. The van der Waals surface area contributed by atoms with Crippen LogP contribution in [0.25, 0.3) is 0 Å². The summed E-state index contributed by atoms with van der Waals surface area (Å²) in [5.74, 6) is -0.357. The summed E-state index contributed by atoms with van der Waals surface area (Å²) in [7, 11) is 0. The van der Waals surface area contributed by atoms with Crippen LogP contribution in [0.4, 0.5) is 4.39 Å². The van der Waals surface area contributed by atoms with Gasteiger partial charge in [-0.3, -0.25) is 4.79 Å². The van der Waals surface area contributed by atoms with Gasteiger partial charge in [-0.1, -0.05) is 0 Å². The van der Waals surface area contributed by atoms with Crippen molar-refractivity contribution in [2.45, 2.75) is 18.9 Å². The summed E-state index contributed by atoms with van der Waals surface area (Å²) in [4.78, 5) is 13.8. The number of likely N-dealkylation sites (tertiary alicyclic amines) is 1. The third-order valence-corrected chi connectivity index (χ3v) is 2.92. The zero-order valence-electron chi connectivity index (χ0n) is 9.43. The van der Waals surface area contributed by atoms with E-state index < -0.39 is 0 Å². The predicted molar refractivity (Wildman–Crippen MR) is 66.8 cm³/mol. The fourth-order valence-electron chi connectivity index (χ4n) is 1.88. The van der Waals surface area contributed by atoms with Crippen LogP contribution in [0.3, 0.4) is 0 Å². The van der Waals surface area contributed by atoms with Gasteiger partial charge in [0.1, 0.15) is 5.82 Å². The third kappa shape index (κ3) is 3.41. The molecule has 1 aliphatic heterocycles. The average Bonchev–Trinajstić information content (AvgIpc) is 2.30. The van der Waals surface area contributed by atoms with Gasteiger partial charge in [0.05, 0.1) is 0 Å². The molecule has 0 spiro atoms. The normalized spacial score (nSPS) is 16.5. The fraction of sp³-hybridized carbons (Fsp3) is 0.417. The second-order valence-electron chi connectivity index (χ2n) is 4.14. The van der Waals surface area contributed by atoms with Crippen LogP contribution in [0.15, 0.2) is 24.3 Å². The van der Waals surface area contributed by atoms with Crippen LogP contribution in [0, 0.1) is 5.82 Å². The summed E-state index contributed by atoms with van der Waals surface area (Å²) in [5.41, 5.74) is 6.31. The van der Waals surface area contributed by atoms with Crippen molar-refractivity contribution in [1.29, 1.82) is 0 Å². The van der Waals surface area contributed by atoms with Gasteiger partial charge in [0.2, 0.25) is 0 Å². The lowest BCUT2D eigenvalue weighted by Gasteiger charge is -2.30. The minimum Gasteiger partial charge on any atom is -0.339 e. The largest absolute Gasteiger partial charge is 0.339 e. The topological polar surface area (TPSA) is 46.3 Å². The van der Waals surface area contributed by atoms with E-state index in [9.17, 15) is 9.18 Å². The molecule has 0 atom stereocenters. The lowest BCUT2D eigenvalue weighted by atomic mass is 10.0. The Morgan fingerprint density at radius 3 is 2.29 bits per heavy atom. The van der Waals surface area contributed by atoms with Gasteiger partial charge < -0.3 is 10.6 Å². The standard InChI is InChI=1S/C12H15FN2O.ClH/c13-10-3-1-9(2-4-10)12(16)15-7-5-11(14)6-8-15;/h1-4,11H,5-8,14H2;1H. The van der Waals surface area contributed by atoms with Gasteiger partial charge in [0, 0.05) is 24.7 Å². The first kappa shape index (κ1) is 13.9. The maximum atomic E-state index is 12.7. The molecule has 1 aromatic carbocycles. The molecule has 0 unspecified atom stereocenters. The smallest absolute Gasteiger partial charge is 0.253 e. The van der Waals surface area contributed by atoms with Gasteiger partial charge in [-0.25, -0.2) is 4.39 Å². The number of benzene rings is 1. The van der Waals surface area contributed by atoms with E-state index in [4.69, 9.17) is 5.73 Å². The summed E-state index contributed by atoms with van der Waals surface area (Å²) >= 11 is 0. The molecule has 1 aliphatic rings. The van der Waals surface area contributed by atoms with Crippen LogP contribution in [0.1, 0.15) is 23.2 Å². The summed E-state index contributed by atoms with van der Waals surface area (Å²) in [6.07, 6.45) is 1.68. The van der Waals surface area contributed by atoms with Gasteiger partial charge in [-0.05, 0) is 37.1 Å². The van der Waals surface area contributed by atoms with E-state index in [2.05, 4.69) is 0 Å². The summed E-state index contributed by atoms with van der Waals surface area (Å²) in [6.45, 7) is 1.38. The number of piperidine rings is 1. The molecule has 1 saturated heterocycles. The highest BCUT2D eigenvalue weighted by molar-refractivity contribution is 5.94. The van der Waals surface area contributed by atoms with Gasteiger partial charge in [-0.2, -0.15) is 0 Å². The maximum absolute atomic E-state index is 12.7. The molecule has 0 saturated carbocycles. The molecule has 1 aromatic rings. The summed E-state index contributed by atoms with van der Waals surface area (Å²) in [6, 6.07) is 5.86. The molecule has 1 heterocycles. The highest BCUT2D eigenvalue weighted by Gasteiger charge is 2.21. The van der Waals surface area contributed by atoms with Crippen LogP contribution in [0.5, 0.6) is 0 Å². The van der Waals surface area contributed by atoms with Crippen molar-refractivity contribution in [2.24, 2.45) is 5.73 Å². The number of hydrogen-bond donors (Lipinski definition) is 1. The highest BCUT2D eigenvalue weighted by atomic mass is 35.5. The summed E-state index contributed by atoms with van der Waals surface area (Å²) in [5, 5.41) is 0. The summed E-state index contributed by atoms with van der Waals surface area (Å²) < 4.78 is 12.7. The molecule has 1 fully saturated rings. The molecule has 94 valence electrons. The van der Waals surface area contributed by atoms with Gasteiger partial charge in [-0.15, -0.1) is 12.4 Å². The van der Waals surface area contributed by atoms with Crippen molar-refractivity contribution in [2.75, 3.05) is 13.1 Å². The van der Waals surface area contributed by atoms with Crippen molar-refractivity contribution in [3.8, 4) is 0 Å². The van der Waals surface area contributed by atoms with Crippen LogP contribution in [-0.4, -0.2) is 29.9 Å². The molecule has 0 bridgehead atoms. The van der Waals surface area contributed by atoms with Crippen molar-refractivity contribution in [1.82, 2.24) is 4.90 Å². The zero-order chi connectivity index (χ0) is 11.5. The first-order valence-corrected chi connectivity index (χ1v) is 5.47. The van der Waals surface area contributed by atoms with E-state index in [1.54, 1.807) is 4.90 Å². The van der Waals surface area contributed by atoms with Gasteiger partial charge >= 0.3 is 0 Å². The van der Waals surface area contributed by atoms with E-state index in [-0.39, 0.29) is 30.2 Å². The van der Waals surface area contributed by atoms with E-state index >= 15 is 0 Å². The van der Waals surface area contributed by atoms with Gasteiger partial charge in [0.25, 0.3) is 5.91 Å². The number of nitrogens with zero attached hydrogens (tertiary/aromatic N) is 1. The molecule has 0 aliphatic carbocycles. The third-order valence-electron chi connectivity index (χ3n) is 2.92. The number of amides is 1. The first-order chi connectivity index (χ1) is 7.66. The van der Waals surface area contributed by atoms with E-state index in [1.807, 2.05) is 0 Å². The second kappa shape index (κ2) is 5.98. The number of nitrogens with two attached hydrogens (primary N) is 1. The van der Waals surface area contributed by atoms with Crippen LogP contribution in [0.2, 0.25) is 0 Å². The quantitative estimate of drug-likeness (QED) is 0.835. The fourth-order valence-corrected chi connectivity index (χ4v) is 1.88. The monoisotopic (exact) mass is 258 g/mol. The SMILES string of the molecule is Cl.NC1CCN(C(=O)c2ccc(F)cc2)CC1. The maximum Gasteiger partial charge on any atom is 0.253 e. The van der Waals surface area contributed by atoms with Crippen molar-refractivity contribution in [3.63, 3.8) is 0 Å². The average molecular weight is 259 g/mol. The molecular weight excluding hydrogens is 243 g/mol. The zero-order valence-corrected chi connectivity index (χ0v) is 10.3. The van der Waals surface area contributed by atoms with E-state index in [0.29, 0.717) is 18.7 Å². The molecule has 5 heteroatoms. The number of carbonyl (C=O) groups is 1. The number of halogens is 2. The molecular formula is C12H16ClFN2O. The van der Waals surface area contributed by atoms with Crippen LogP contribution in [-0.2, 0) is 0 Å². The Morgan fingerprint density at radius 1 is 1.24 bits per heavy atom. The van der Waals surface area contributed by atoms with Gasteiger partial charge in [0.15, 0.2) is 0 Å². The highest BCUT2D eigenvalue weighted by Crippen LogP contribution is 2.13. The molecule has 2 rings (SSSR count). The van der Waals surface area contributed by atoms with Crippen molar-refractivity contribution < 1.29 is 9.18 Å². The van der Waals surface area contributed by atoms with Crippen LogP contribution < -0.4 is 5.73 Å². The Balaban J connectivity index is 0.00000144. The number of rotatable bonds is 1. The van der Waals surface area contributed by atoms with E-state index in [1.165, 1.54) is 24.3 Å². The minimum atomic E-state index is -0.322. The predicted octanol–water partition coefficient (Wildman–Crippen LogP) is 1.81. The van der Waals surface area contributed by atoms with Crippen LogP contribution >= 0.6 is 12.4 Å². The molecule has 0 aromatic heterocycles. The Bertz CT molecular complexity index is 375. The Labute approximate surface area is 106 Å². The molecule has 17 heavy (non-hydrogen) atoms. The molecule has 2 N–H and O–H groups in total. The second-order valence-corrected chi connectivity index (χ2v) is 4.14. The van der Waals surface area contributed by atoms with Crippen molar-refractivity contribution in [3.05, 3.63) is 35.6 Å². The Morgan fingerprint density at radius 2 is 1.76 bits per heavy atom. The van der Waals surface area contributed by atoms with E-state index in [0.717, 1.165) is 12.8 Å². The minimum absolute atomic E-state index is 0. The lowest BCUT2D eigenvalue weighted by Crippen LogP contribution is -2.42. The van der Waals surface area contributed by atoms with Crippen molar-refractivity contribution >= 4 is 18.3 Å². The molecule has 3 nitrogen and oxygen atoms in total. The number of hydrogen-bond acceptors (Lipinski definition) is 2. The molecule has 1 amide bonds. The lowest BCUT2D eigenvalue weighted by molar-refractivity contribution is 0.0714.